The maximum absolute atomic E-state index is 11.8. The van der Waals surface area contributed by atoms with E-state index in [1.807, 2.05) is 52.0 Å². The summed E-state index contributed by atoms with van der Waals surface area (Å²) >= 11 is 0. The van der Waals surface area contributed by atoms with Gasteiger partial charge in [0.25, 0.3) is 0 Å². The molecule has 0 aliphatic rings. The van der Waals surface area contributed by atoms with E-state index >= 15 is 0 Å². The van der Waals surface area contributed by atoms with Crippen molar-refractivity contribution in [3.05, 3.63) is 29.8 Å². The fourth-order valence-corrected chi connectivity index (χ4v) is 1.67. The van der Waals surface area contributed by atoms with Crippen molar-refractivity contribution in [2.45, 2.75) is 46.1 Å². The summed E-state index contributed by atoms with van der Waals surface area (Å²) in [4.78, 5) is 15.7. The number of aliphatic imine (C=N–C) groups is 1. The van der Waals surface area contributed by atoms with E-state index in [4.69, 9.17) is 4.74 Å². The van der Waals surface area contributed by atoms with E-state index in [1.54, 1.807) is 0 Å². The third-order valence-electron chi connectivity index (χ3n) is 2.79. The second-order valence-corrected chi connectivity index (χ2v) is 5.80. The van der Waals surface area contributed by atoms with Gasteiger partial charge in [0, 0.05) is 0 Å². The van der Waals surface area contributed by atoms with Gasteiger partial charge in [-0.05, 0) is 58.0 Å². The molecule has 0 aliphatic carbocycles. The van der Waals surface area contributed by atoms with Gasteiger partial charge in [-0.2, -0.15) is 0 Å². The van der Waals surface area contributed by atoms with Crippen molar-refractivity contribution in [3.8, 4) is 0 Å². The zero-order valence-electron chi connectivity index (χ0n) is 12.3. The van der Waals surface area contributed by atoms with E-state index in [-0.39, 0.29) is 11.9 Å². The summed E-state index contributed by atoms with van der Waals surface area (Å²) < 4.78 is 5.36. The van der Waals surface area contributed by atoms with Gasteiger partial charge in [0.2, 0.25) is 0 Å². The van der Waals surface area contributed by atoms with Crippen LogP contribution in [0, 0.1) is 5.92 Å². The van der Waals surface area contributed by atoms with E-state index in [9.17, 15) is 4.79 Å². The van der Waals surface area contributed by atoms with E-state index in [2.05, 4.69) is 11.7 Å². The summed E-state index contributed by atoms with van der Waals surface area (Å²) in [6.45, 7) is 11.1. The van der Waals surface area contributed by atoms with Gasteiger partial charge in [-0.25, -0.2) is 0 Å². The molecular formula is C16H23NO2. The first-order valence-corrected chi connectivity index (χ1v) is 6.60. The number of ether oxygens (including phenoxy) is 1. The monoisotopic (exact) mass is 261 g/mol. The Hall–Kier alpha value is -1.64. The molecule has 0 heterocycles. The summed E-state index contributed by atoms with van der Waals surface area (Å²) in [6.07, 6.45) is 1.65. The largest absolute Gasteiger partial charge is 0.460 e. The van der Waals surface area contributed by atoms with Crippen LogP contribution < -0.4 is 0 Å². The second kappa shape index (κ2) is 6.50. The Morgan fingerprint density at radius 2 is 1.89 bits per heavy atom. The van der Waals surface area contributed by atoms with Crippen LogP contribution >= 0.6 is 0 Å². The van der Waals surface area contributed by atoms with Gasteiger partial charge in [0.1, 0.15) is 5.60 Å². The number of hydrogen-bond donors (Lipinski definition) is 0. The summed E-state index contributed by atoms with van der Waals surface area (Å²) in [5, 5.41) is 0. The molecule has 0 aromatic heterocycles. The lowest BCUT2D eigenvalue weighted by molar-refractivity contribution is -0.159. The minimum atomic E-state index is -0.414. The molecule has 3 nitrogen and oxygen atoms in total. The Morgan fingerprint density at radius 3 is 2.37 bits per heavy atom. The molecule has 1 aromatic rings. The number of benzene rings is 1. The Morgan fingerprint density at radius 1 is 1.32 bits per heavy atom. The van der Waals surface area contributed by atoms with Crippen molar-refractivity contribution in [2.75, 3.05) is 0 Å². The standard InChI is InChI=1S/C16H23NO2/c1-12(15(18)19-16(2,3)4)6-7-13-8-10-14(17-5)11-9-13/h8-12H,5-7H2,1-4H3. The second-order valence-electron chi connectivity index (χ2n) is 5.80. The van der Waals surface area contributed by atoms with Crippen LogP contribution in [0.4, 0.5) is 5.69 Å². The number of carbonyl (C=O) groups excluding carboxylic acids is 1. The number of carbonyl (C=O) groups is 1. The summed E-state index contributed by atoms with van der Waals surface area (Å²) in [7, 11) is 0. The lowest BCUT2D eigenvalue weighted by atomic mass is 10.0. The zero-order valence-corrected chi connectivity index (χ0v) is 12.3. The molecule has 19 heavy (non-hydrogen) atoms. The first-order valence-electron chi connectivity index (χ1n) is 6.60. The van der Waals surface area contributed by atoms with Crippen molar-refractivity contribution in [1.29, 1.82) is 0 Å². The lowest BCUT2D eigenvalue weighted by Gasteiger charge is -2.22. The van der Waals surface area contributed by atoms with Gasteiger partial charge in [-0.1, -0.05) is 19.1 Å². The highest BCUT2D eigenvalue weighted by Crippen LogP contribution is 2.17. The third-order valence-corrected chi connectivity index (χ3v) is 2.79. The van der Waals surface area contributed by atoms with Gasteiger partial charge >= 0.3 is 5.97 Å². The minimum Gasteiger partial charge on any atom is -0.460 e. The molecule has 0 saturated heterocycles. The normalized spacial score (nSPS) is 12.8. The van der Waals surface area contributed by atoms with Gasteiger partial charge in [0.15, 0.2) is 0 Å². The predicted molar refractivity (Wildman–Crippen MR) is 79.0 cm³/mol. The topological polar surface area (TPSA) is 38.7 Å². The Balaban J connectivity index is 2.46. The van der Waals surface area contributed by atoms with E-state index in [1.165, 1.54) is 5.56 Å². The first-order chi connectivity index (χ1) is 8.81. The van der Waals surface area contributed by atoms with Gasteiger partial charge < -0.3 is 4.74 Å². The first kappa shape index (κ1) is 15.4. The van der Waals surface area contributed by atoms with Crippen LogP contribution in [0.3, 0.4) is 0 Å². The number of hydrogen-bond acceptors (Lipinski definition) is 3. The Kier molecular flexibility index (Phi) is 5.28. The number of nitrogens with zero attached hydrogens (tertiary/aromatic N) is 1. The van der Waals surface area contributed by atoms with E-state index in [0.29, 0.717) is 0 Å². The molecule has 1 aromatic carbocycles. The Labute approximate surface area is 115 Å². The fourth-order valence-electron chi connectivity index (χ4n) is 1.67. The molecule has 0 spiro atoms. The number of aryl methyl sites for hydroxylation is 1. The van der Waals surface area contributed by atoms with Crippen LogP contribution in [-0.4, -0.2) is 18.3 Å². The molecule has 0 bridgehead atoms. The summed E-state index contributed by atoms with van der Waals surface area (Å²) in [5.74, 6) is -0.215. The van der Waals surface area contributed by atoms with Crippen LogP contribution in [0.5, 0.6) is 0 Å². The predicted octanol–water partition coefficient (Wildman–Crippen LogP) is 3.93. The number of esters is 1. The van der Waals surface area contributed by atoms with Gasteiger partial charge in [-0.15, -0.1) is 0 Å². The fraction of sp³-hybridized carbons (Fsp3) is 0.500. The maximum Gasteiger partial charge on any atom is 0.309 e. The molecule has 1 rings (SSSR count). The minimum absolute atomic E-state index is 0.0866. The molecule has 3 heteroatoms. The molecule has 0 aliphatic heterocycles. The summed E-state index contributed by atoms with van der Waals surface area (Å²) in [6, 6.07) is 7.90. The lowest BCUT2D eigenvalue weighted by Crippen LogP contribution is -2.27. The van der Waals surface area contributed by atoms with Crippen LogP contribution in [0.15, 0.2) is 29.3 Å². The molecule has 0 radical (unpaired) electrons. The van der Waals surface area contributed by atoms with Crippen molar-refractivity contribution in [3.63, 3.8) is 0 Å². The van der Waals surface area contributed by atoms with E-state index in [0.717, 1.165) is 18.5 Å². The quantitative estimate of drug-likeness (QED) is 0.595. The molecule has 104 valence electrons. The molecule has 1 unspecified atom stereocenters. The van der Waals surface area contributed by atoms with E-state index < -0.39 is 5.60 Å². The van der Waals surface area contributed by atoms with Crippen molar-refractivity contribution >= 4 is 18.4 Å². The molecule has 0 amide bonds. The molecule has 0 N–H and O–H groups in total. The zero-order chi connectivity index (χ0) is 14.5. The Bertz CT molecular complexity index is 429. The molecular weight excluding hydrogens is 238 g/mol. The van der Waals surface area contributed by atoms with Crippen LogP contribution in [0.1, 0.15) is 39.7 Å². The van der Waals surface area contributed by atoms with Gasteiger partial charge in [0.05, 0.1) is 11.6 Å². The van der Waals surface area contributed by atoms with Crippen molar-refractivity contribution in [1.82, 2.24) is 0 Å². The average Bonchev–Trinajstić information content (AvgIpc) is 2.34. The van der Waals surface area contributed by atoms with Crippen LogP contribution in [0.2, 0.25) is 0 Å². The molecule has 0 fully saturated rings. The molecule has 1 atom stereocenters. The SMILES string of the molecule is C=Nc1ccc(CCC(C)C(=O)OC(C)(C)C)cc1. The average molecular weight is 261 g/mol. The summed E-state index contributed by atoms with van der Waals surface area (Å²) in [5.41, 5.74) is 1.65. The van der Waals surface area contributed by atoms with Crippen LogP contribution in [0.25, 0.3) is 0 Å². The highest BCUT2D eigenvalue weighted by atomic mass is 16.6. The highest BCUT2D eigenvalue weighted by Gasteiger charge is 2.21. The molecule has 0 saturated carbocycles. The number of rotatable bonds is 5. The van der Waals surface area contributed by atoms with Crippen LogP contribution in [-0.2, 0) is 16.0 Å². The smallest absolute Gasteiger partial charge is 0.309 e. The highest BCUT2D eigenvalue weighted by molar-refractivity contribution is 5.72. The van der Waals surface area contributed by atoms with Gasteiger partial charge in [-0.3, -0.25) is 9.79 Å². The maximum atomic E-state index is 11.8. The van der Waals surface area contributed by atoms with Crippen molar-refractivity contribution in [2.24, 2.45) is 10.9 Å². The van der Waals surface area contributed by atoms with Crippen molar-refractivity contribution < 1.29 is 9.53 Å². The third kappa shape index (κ3) is 5.69.